The van der Waals surface area contributed by atoms with Gasteiger partial charge in [0.25, 0.3) is 11.5 Å². The summed E-state index contributed by atoms with van der Waals surface area (Å²) in [5.41, 5.74) is 1.70. The molecule has 2 aromatic carbocycles. The second-order valence-electron chi connectivity index (χ2n) is 8.04. The number of carbonyl (C=O) groups is 2. The second-order valence-corrected chi connectivity index (χ2v) is 8.04. The summed E-state index contributed by atoms with van der Waals surface area (Å²) in [4.78, 5) is 46.1. The summed E-state index contributed by atoms with van der Waals surface area (Å²) in [7, 11) is 0. The number of fused-ring (bicyclic) bond motifs is 1. The van der Waals surface area contributed by atoms with E-state index in [0.29, 0.717) is 29.2 Å². The number of rotatable bonds is 3. The van der Waals surface area contributed by atoms with Crippen LogP contribution in [0.4, 0.5) is 0 Å². The average Bonchev–Trinajstić information content (AvgIpc) is 2.74. The fourth-order valence-electron chi connectivity index (χ4n) is 3.82. The minimum atomic E-state index is -1.05. The highest BCUT2D eigenvalue weighted by Crippen LogP contribution is 2.32. The van der Waals surface area contributed by atoms with Gasteiger partial charge in [-0.25, -0.2) is 9.78 Å². The van der Waals surface area contributed by atoms with Gasteiger partial charge < -0.3 is 15.0 Å². The number of hydrogen-bond acceptors (Lipinski definition) is 4. The Bertz CT molecular complexity index is 1180. The SMILES string of the molecule is CC1(C)CN(C(=O)c2ccc(C(=O)O)cc2)Cc2c1nc(-c1ccccc1)[nH]c2=O. The van der Waals surface area contributed by atoms with Crippen LogP contribution in [0.3, 0.4) is 0 Å². The molecule has 1 aliphatic rings. The molecule has 1 amide bonds. The van der Waals surface area contributed by atoms with Gasteiger partial charge in [0.2, 0.25) is 0 Å². The van der Waals surface area contributed by atoms with Crippen LogP contribution in [0.5, 0.6) is 0 Å². The summed E-state index contributed by atoms with van der Waals surface area (Å²) < 4.78 is 0. The van der Waals surface area contributed by atoms with Crippen molar-refractivity contribution in [3.63, 3.8) is 0 Å². The van der Waals surface area contributed by atoms with E-state index in [9.17, 15) is 14.4 Å². The van der Waals surface area contributed by atoms with Crippen molar-refractivity contribution in [3.05, 3.63) is 87.3 Å². The van der Waals surface area contributed by atoms with Crippen LogP contribution in [0.25, 0.3) is 11.4 Å². The van der Waals surface area contributed by atoms with E-state index in [1.807, 2.05) is 44.2 Å². The van der Waals surface area contributed by atoms with E-state index in [-0.39, 0.29) is 23.6 Å². The zero-order chi connectivity index (χ0) is 21.5. The standard InChI is InChI=1S/C23H21N3O4/c1-23(2)13-26(21(28)15-8-10-16(11-9-15)22(29)30)12-17-18(23)24-19(25-20(17)27)14-6-4-3-5-7-14/h3-11H,12-13H2,1-2H3,(H,29,30)(H,24,25,27). The van der Waals surface area contributed by atoms with Crippen molar-refractivity contribution in [2.24, 2.45) is 0 Å². The number of carboxylic acids is 1. The number of aromatic nitrogens is 2. The molecule has 0 aliphatic carbocycles. The third kappa shape index (κ3) is 3.50. The van der Waals surface area contributed by atoms with Crippen LogP contribution in [-0.2, 0) is 12.0 Å². The van der Waals surface area contributed by atoms with E-state index in [1.54, 1.807) is 4.90 Å². The van der Waals surface area contributed by atoms with Crippen molar-refractivity contribution in [2.45, 2.75) is 25.8 Å². The van der Waals surface area contributed by atoms with E-state index in [0.717, 1.165) is 5.56 Å². The molecular formula is C23H21N3O4. The van der Waals surface area contributed by atoms with Gasteiger partial charge in [0.1, 0.15) is 5.82 Å². The molecule has 7 nitrogen and oxygen atoms in total. The zero-order valence-electron chi connectivity index (χ0n) is 16.7. The molecule has 2 N–H and O–H groups in total. The number of carboxylic acid groups (broad SMARTS) is 1. The number of nitrogens with one attached hydrogen (secondary N) is 1. The Morgan fingerprint density at radius 3 is 2.30 bits per heavy atom. The first-order chi connectivity index (χ1) is 14.3. The van der Waals surface area contributed by atoms with Crippen LogP contribution in [-0.4, -0.2) is 38.4 Å². The molecule has 0 saturated carbocycles. The molecule has 1 aliphatic heterocycles. The Morgan fingerprint density at radius 2 is 1.67 bits per heavy atom. The first kappa shape index (κ1) is 19.6. The van der Waals surface area contributed by atoms with Gasteiger partial charge in [0.05, 0.1) is 23.4 Å². The summed E-state index contributed by atoms with van der Waals surface area (Å²) in [6.07, 6.45) is 0. The largest absolute Gasteiger partial charge is 0.478 e. The smallest absolute Gasteiger partial charge is 0.335 e. The number of aromatic amines is 1. The number of amides is 1. The molecule has 0 bridgehead atoms. The van der Waals surface area contributed by atoms with Crippen LogP contribution in [0, 0.1) is 0 Å². The van der Waals surface area contributed by atoms with Crippen LogP contribution in [0.2, 0.25) is 0 Å². The molecular weight excluding hydrogens is 382 g/mol. The van der Waals surface area contributed by atoms with Crippen molar-refractivity contribution >= 4 is 11.9 Å². The lowest BCUT2D eigenvalue weighted by molar-refractivity contribution is 0.0674. The van der Waals surface area contributed by atoms with E-state index < -0.39 is 11.4 Å². The Kier molecular flexibility index (Phi) is 4.73. The van der Waals surface area contributed by atoms with Crippen molar-refractivity contribution in [3.8, 4) is 11.4 Å². The number of aromatic carboxylic acids is 1. The Balaban J connectivity index is 1.69. The van der Waals surface area contributed by atoms with E-state index in [2.05, 4.69) is 4.98 Å². The number of nitrogens with zero attached hydrogens (tertiary/aromatic N) is 2. The van der Waals surface area contributed by atoms with Crippen LogP contribution >= 0.6 is 0 Å². The van der Waals surface area contributed by atoms with Crippen LogP contribution in [0.1, 0.15) is 45.8 Å². The summed E-state index contributed by atoms with van der Waals surface area (Å²) >= 11 is 0. The monoisotopic (exact) mass is 403 g/mol. The summed E-state index contributed by atoms with van der Waals surface area (Å²) in [5.74, 6) is -0.789. The third-order valence-electron chi connectivity index (χ3n) is 5.30. The quantitative estimate of drug-likeness (QED) is 0.700. The lowest BCUT2D eigenvalue weighted by Gasteiger charge is -2.38. The molecule has 0 unspecified atom stereocenters. The van der Waals surface area contributed by atoms with Crippen LogP contribution < -0.4 is 5.56 Å². The predicted octanol–water partition coefficient (Wildman–Crippen LogP) is 3.07. The van der Waals surface area contributed by atoms with Gasteiger partial charge in [-0.05, 0) is 24.3 Å². The summed E-state index contributed by atoms with van der Waals surface area (Å²) in [6.45, 7) is 4.46. The molecule has 7 heteroatoms. The molecule has 0 fully saturated rings. The molecule has 30 heavy (non-hydrogen) atoms. The van der Waals surface area contributed by atoms with E-state index >= 15 is 0 Å². The van der Waals surface area contributed by atoms with Crippen molar-refractivity contribution in [2.75, 3.05) is 6.54 Å². The molecule has 0 saturated heterocycles. The fourth-order valence-corrected chi connectivity index (χ4v) is 3.82. The van der Waals surface area contributed by atoms with Crippen molar-refractivity contribution in [1.29, 1.82) is 0 Å². The van der Waals surface area contributed by atoms with Gasteiger partial charge in [-0.1, -0.05) is 44.2 Å². The van der Waals surface area contributed by atoms with Gasteiger partial charge >= 0.3 is 5.97 Å². The summed E-state index contributed by atoms with van der Waals surface area (Å²) in [6, 6.07) is 15.2. The van der Waals surface area contributed by atoms with Gasteiger partial charge in [0, 0.05) is 23.1 Å². The minimum Gasteiger partial charge on any atom is -0.478 e. The topological polar surface area (TPSA) is 103 Å². The molecule has 0 radical (unpaired) electrons. The normalized spacial score (nSPS) is 14.8. The van der Waals surface area contributed by atoms with E-state index in [4.69, 9.17) is 10.1 Å². The maximum atomic E-state index is 13.0. The Morgan fingerprint density at radius 1 is 1.03 bits per heavy atom. The second kappa shape index (κ2) is 7.26. The molecule has 152 valence electrons. The maximum absolute atomic E-state index is 13.0. The average molecular weight is 403 g/mol. The maximum Gasteiger partial charge on any atom is 0.335 e. The number of hydrogen-bond donors (Lipinski definition) is 2. The number of carbonyl (C=O) groups excluding carboxylic acids is 1. The van der Waals surface area contributed by atoms with Gasteiger partial charge in [-0.15, -0.1) is 0 Å². The molecule has 0 atom stereocenters. The predicted molar refractivity (Wildman–Crippen MR) is 111 cm³/mol. The summed E-state index contributed by atoms with van der Waals surface area (Å²) in [5, 5.41) is 9.04. The fraction of sp³-hybridized carbons (Fsp3) is 0.217. The van der Waals surface area contributed by atoms with Crippen LogP contribution in [0.15, 0.2) is 59.4 Å². The molecule has 1 aromatic heterocycles. The number of benzene rings is 2. The van der Waals surface area contributed by atoms with Gasteiger partial charge in [-0.2, -0.15) is 0 Å². The van der Waals surface area contributed by atoms with Gasteiger partial charge in [0.15, 0.2) is 0 Å². The molecule has 2 heterocycles. The lowest BCUT2D eigenvalue weighted by Crippen LogP contribution is -2.48. The van der Waals surface area contributed by atoms with Crippen molar-refractivity contribution < 1.29 is 14.7 Å². The molecule has 0 spiro atoms. The highest BCUT2D eigenvalue weighted by molar-refractivity contribution is 5.96. The first-order valence-electron chi connectivity index (χ1n) is 9.58. The molecule has 4 rings (SSSR count). The Labute approximate surface area is 173 Å². The molecule has 3 aromatic rings. The van der Waals surface area contributed by atoms with Crippen molar-refractivity contribution in [1.82, 2.24) is 14.9 Å². The lowest BCUT2D eigenvalue weighted by atomic mass is 9.82. The highest BCUT2D eigenvalue weighted by Gasteiger charge is 2.37. The van der Waals surface area contributed by atoms with Gasteiger partial charge in [-0.3, -0.25) is 9.59 Å². The number of H-pyrrole nitrogens is 1. The Hall–Kier alpha value is -3.74. The van der Waals surface area contributed by atoms with E-state index in [1.165, 1.54) is 24.3 Å². The first-order valence-corrected chi connectivity index (χ1v) is 9.58. The highest BCUT2D eigenvalue weighted by atomic mass is 16.4. The minimum absolute atomic E-state index is 0.116. The zero-order valence-corrected chi connectivity index (χ0v) is 16.7. The third-order valence-corrected chi connectivity index (χ3v) is 5.30.